The lowest BCUT2D eigenvalue weighted by Crippen LogP contribution is -2.38. The zero-order chi connectivity index (χ0) is 21.7. The van der Waals surface area contributed by atoms with Gasteiger partial charge in [-0.2, -0.15) is 0 Å². The molecule has 3 rings (SSSR count). The van der Waals surface area contributed by atoms with E-state index in [-0.39, 0.29) is 19.1 Å². The van der Waals surface area contributed by atoms with Gasteiger partial charge >= 0.3 is 5.97 Å². The average molecular weight is 431 g/mol. The second-order valence-corrected chi connectivity index (χ2v) is 7.67. The first-order valence-corrected chi connectivity index (χ1v) is 9.88. The van der Waals surface area contributed by atoms with Crippen molar-refractivity contribution in [3.05, 3.63) is 58.6 Å². The number of nitrogens with zero attached hydrogens (tertiary/aromatic N) is 1. The van der Waals surface area contributed by atoms with Crippen LogP contribution in [0.5, 0.6) is 5.75 Å². The molecule has 30 heavy (non-hydrogen) atoms. The van der Waals surface area contributed by atoms with Gasteiger partial charge in [0, 0.05) is 17.8 Å². The second-order valence-electron chi connectivity index (χ2n) is 7.24. The number of amides is 2. The first-order chi connectivity index (χ1) is 14.3. The van der Waals surface area contributed by atoms with E-state index in [1.807, 2.05) is 19.1 Å². The monoisotopic (exact) mass is 430 g/mol. The van der Waals surface area contributed by atoms with Gasteiger partial charge in [0.25, 0.3) is 5.91 Å². The zero-order valence-electron chi connectivity index (χ0n) is 16.8. The molecule has 1 heterocycles. The number of benzene rings is 2. The molecule has 8 heteroatoms. The van der Waals surface area contributed by atoms with E-state index >= 15 is 0 Å². The van der Waals surface area contributed by atoms with Crippen LogP contribution in [0.4, 0.5) is 5.69 Å². The molecule has 0 radical (unpaired) electrons. The molecule has 1 aliphatic heterocycles. The summed E-state index contributed by atoms with van der Waals surface area (Å²) in [5.41, 5.74) is 2.56. The number of aryl methyl sites for hydroxylation is 1. The molecule has 1 N–H and O–H groups in total. The van der Waals surface area contributed by atoms with Crippen molar-refractivity contribution in [3.8, 4) is 5.75 Å². The molecular formula is C22H23ClN2O5. The summed E-state index contributed by atoms with van der Waals surface area (Å²) < 4.78 is 10.7. The number of anilines is 1. The summed E-state index contributed by atoms with van der Waals surface area (Å²) in [5.74, 6) is -1.15. The van der Waals surface area contributed by atoms with Crippen molar-refractivity contribution in [3.63, 3.8) is 0 Å². The van der Waals surface area contributed by atoms with Gasteiger partial charge in [-0.3, -0.25) is 14.4 Å². The smallest absolute Gasteiger partial charge is 0.313 e. The van der Waals surface area contributed by atoms with Gasteiger partial charge in [0.2, 0.25) is 5.91 Å². The minimum atomic E-state index is -0.522. The van der Waals surface area contributed by atoms with E-state index in [1.54, 1.807) is 30.3 Å². The van der Waals surface area contributed by atoms with Crippen LogP contribution in [0, 0.1) is 12.8 Å². The molecule has 0 spiro atoms. The third kappa shape index (κ3) is 5.73. The molecular weight excluding hydrogens is 408 g/mol. The quantitative estimate of drug-likeness (QED) is 0.712. The van der Waals surface area contributed by atoms with E-state index in [9.17, 15) is 14.4 Å². The number of hydrogen-bond acceptors (Lipinski definition) is 5. The number of nitrogens with one attached hydrogen (secondary N) is 1. The molecule has 1 unspecified atom stereocenters. The fourth-order valence-electron chi connectivity index (χ4n) is 3.02. The van der Waals surface area contributed by atoms with Crippen molar-refractivity contribution in [2.24, 2.45) is 5.92 Å². The Morgan fingerprint density at radius 2 is 1.93 bits per heavy atom. The number of esters is 1. The Kier molecular flexibility index (Phi) is 6.95. The molecule has 1 atom stereocenters. The molecule has 158 valence electrons. The molecule has 2 aromatic rings. The van der Waals surface area contributed by atoms with E-state index in [1.165, 1.54) is 11.9 Å². The van der Waals surface area contributed by atoms with Crippen molar-refractivity contribution in [2.45, 2.75) is 13.3 Å². The van der Waals surface area contributed by atoms with Crippen LogP contribution in [-0.2, 0) is 25.5 Å². The third-order valence-electron chi connectivity index (χ3n) is 4.74. The summed E-state index contributed by atoms with van der Waals surface area (Å²) in [6.07, 6.45) is 0.428. The standard InChI is InChI=1S/C22H23ClN2O5/c1-14-3-6-18(7-4-14)24-20(26)11-25(2)21(27)13-30-22(28)16-9-15-10-17(23)5-8-19(15)29-12-16/h3-8,10,16H,9,11-13H2,1-2H3,(H,24,26). The first-order valence-electron chi connectivity index (χ1n) is 9.50. The van der Waals surface area contributed by atoms with Crippen LogP contribution < -0.4 is 10.1 Å². The van der Waals surface area contributed by atoms with Crippen LogP contribution in [0.15, 0.2) is 42.5 Å². The summed E-state index contributed by atoms with van der Waals surface area (Å²) in [6.45, 7) is 1.54. The maximum Gasteiger partial charge on any atom is 0.313 e. The van der Waals surface area contributed by atoms with Gasteiger partial charge in [0.1, 0.15) is 12.4 Å². The maximum absolute atomic E-state index is 12.3. The highest BCUT2D eigenvalue weighted by Gasteiger charge is 2.28. The summed E-state index contributed by atoms with van der Waals surface area (Å²) in [7, 11) is 1.48. The largest absolute Gasteiger partial charge is 0.492 e. The molecule has 0 bridgehead atoms. The summed E-state index contributed by atoms with van der Waals surface area (Å²) >= 11 is 5.99. The number of ether oxygens (including phenoxy) is 2. The number of rotatable bonds is 6. The van der Waals surface area contributed by atoms with Crippen LogP contribution in [0.2, 0.25) is 5.02 Å². The summed E-state index contributed by atoms with van der Waals surface area (Å²) in [6, 6.07) is 12.6. The SMILES string of the molecule is Cc1ccc(NC(=O)CN(C)C(=O)COC(=O)C2COc3ccc(Cl)cc3C2)cc1. The van der Waals surface area contributed by atoms with Crippen LogP contribution in [0.3, 0.4) is 0 Å². The Morgan fingerprint density at radius 1 is 1.20 bits per heavy atom. The van der Waals surface area contributed by atoms with Gasteiger partial charge in [-0.15, -0.1) is 0 Å². The number of hydrogen-bond donors (Lipinski definition) is 1. The van der Waals surface area contributed by atoms with Gasteiger partial charge in [-0.1, -0.05) is 29.3 Å². The van der Waals surface area contributed by atoms with E-state index in [0.29, 0.717) is 22.9 Å². The minimum absolute atomic E-state index is 0.150. The summed E-state index contributed by atoms with van der Waals surface area (Å²) in [4.78, 5) is 37.9. The van der Waals surface area contributed by atoms with Gasteiger partial charge in [-0.25, -0.2) is 0 Å². The van der Waals surface area contributed by atoms with Crippen LogP contribution in [-0.4, -0.2) is 49.5 Å². The lowest BCUT2D eigenvalue weighted by molar-refractivity contribution is -0.156. The Bertz CT molecular complexity index is 945. The molecule has 0 saturated carbocycles. The van der Waals surface area contributed by atoms with Crippen molar-refractivity contribution in [1.29, 1.82) is 0 Å². The minimum Gasteiger partial charge on any atom is -0.492 e. The molecule has 0 aliphatic carbocycles. The second kappa shape index (κ2) is 9.63. The maximum atomic E-state index is 12.3. The molecule has 0 aromatic heterocycles. The lowest BCUT2D eigenvalue weighted by atomic mass is 9.97. The molecule has 0 fully saturated rings. The van der Waals surface area contributed by atoms with Crippen LogP contribution in [0.1, 0.15) is 11.1 Å². The highest BCUT2D eigenvalue weighted by molar-refractivity contribution is 6.30. The van der Waals surface area contributed by atoms with E-state index in [4.69, 9.17) is 21.1 Å². The van der Waals surface area contributed by atoms with Crippen molar-refractivity contribution >= 4 is 35.1 Å². The van der Waals surface area contributed by atoms with Crippen LogP contribution in [0.25, 0.3) is 0 Å². The van der Waals surface area contributed by atoms with Crippen molar-refractivity contribution in [2.75, 3.05) is 32.1 Å². The zero-order valence-corrected chi connectivity index (χ0v) is 17.6. The normalized spacial score (nSPS) is 14.8. The number of halogens is 1. The summed E-state index contributed by atoms with van der Waals surface area (Å²) in [5, 5.41) is 3.28. The van der Waals surface area contributed by atoms with Crippen LogP contribution >= 0.6 is 11.6 Å². The van der Waals surface area contributed by atoms with E-state index < -0.39 is 24.4 Å². The van der Waals surface area contributed by atoms with E-state index in [0.717, 1.165) is 11.1 Å². The predicted molar refractivity (Wildman–Crippen MR) is 113 cm³/mol. The molecule has 2 amide bonds. The van der Waals surface area contributed by atoms with Gasteiger partial charge in [0.05, 0.1) is 12.5 Å². The number of carbonyl (C=O) groups is 3. The Labute approximate surface area is 179 Å². The van der Waals surface area contributed by atoms with Crippen molar-refractivity contribution < 1.29 is 23.9 Å². The highest BCUT2D eigenvalue weighted by Crippen LogP contribution is 2.30. The first kappa shape index (κ1) is 21.6. The molecule has 7 nitrogen and oxygen atoms in total. The number of likely N-dealkylation sites (N-methyl/N-ethyl adjacent to an activating group) is 1. The molecule has 1 aliphatic rings. The Hall–Kier alpha value is -3.06. The van der Waals surface area contributed by atoms with Gasteiger partial charge in [-0.05, 0) is 49.2 Å². The molecule has 2 aromatic carbocycles. The van der Waals surface area contributed by atoms with E-state index in [2.05, 4.69) is 5.32 Å². The number of fused-ring (bicyclic) bond motifs is 1. The average Bonchev–Trinajstić information content (AvgIpc) is 2.72. The van der Waals surface area contributed by atoms with Gasteiger partial charge < -0.3 is 19.7 Å². The Morgan fingerprint density at radius 3 is 2.67 bits per heavy atom. The topological polar surface area (TPSA) is 84.9 Å². The molecule has 0 saturated heterocycles. The highest BCUT2D eigenvalue weighted by atomic mass is 35.5. The predicted octanol–water partition coefficient (Wildman–Crippen LogP) is 2.84. The lowest BCUT2D eigenvalue weighted by Gasteiger charge is -2.24. The third-order valence-corrected chi connectivity index (χ3v) is 4.98. The fourth-order valence-corrected chi connectivity index (χ4v) is 3.21. The van der Waals surface area contributed by atoms with Gasteiger partial charge in [0.15, 0.2) is 6.61 Å². The number of carbonyl (C=O) groups excluding carboxylic acids is 3. The Balaban J connectivity index is 1.44. The fraction of sp³-hybridized carbons (Fsp3) is 0.318. The van der Waals surface area contributed by atoms with Crippen molar-refractivity contribution in [1.82, 2.24) is 4.90 Å².